The molecule has 0 N–H and O–H groups in total. The lowest BCUT2D eigenvalue weighted by Gasteiger charge is -2.16. The van der Waals surface area contributed by atoms with Crippen LogP contribution in [0.2, 0.25) is 0 Å². The largest absolute Gasteiger partial charge is 0.302 e. The average Bonchev–Trinajstić information content (AvgIpc) is 2.27. The van der Waals surface area contributed by atoms with Crippen LogP contribution < -0.4 is 0 Å². The zero-order valence-electron chi connectivity index (χ0n) is 9.53. The zero-order chi connectivity index (χ0) is 11.1. The number of hydrogen-bond donors (Lipinski definition) is 0. The number of hydrogen-bond acceptors (Lipinski definition) is 2. The minimum atomic E-state index is 0.792. The fraction of sp³-hybridized carbons (Fsp3) is 0.462. The van der Waals surface area contributed by atoms with E-state index in [9.17, 15) is 0 Å². The molecule has 0 saturated carbocycles. The van der Waals surface area contributed by atoms with Gasteiger partial charge >= 0.3 is 0 Å². The van der Waals surface area contributed by atoms with E-state index in [0.717, 1.165) is 24.2 Å². The van der Waals surface area contributed by atoms with Crippen molar-refractivity contribution in [2.75, 3.05) is 13.6 Å². The molecule has 0 radical (unpaired) electrons. The lowest BCUT2D eigenvalue weighted by molar-refractivity contribution is 0.320. The van der Waals surface area contributed by atoms with E-state index in [0.29, 0.717) is 0 Å². The van der Waals surface area contributed by atoms with Crippen molar-refractivity contribution in [1.82, 2.24) is 4.90 Å². The van der Waals surface area contributed by atoms with Crippen molar-refractivity contribution in [3.8, 4) is 6.07 Å². The fourth-order valence-electron chi connectivity index (χ4n) is 1.57. The summed E-state index contributed by atoms with van der Waals surface area (Å²) >= 11 is 0. The maximum atomic E-state index is 8.94. The van der Waals surface area contributed by atoms with E-state index in [4.69, 9.17) is 5.26 Å². The van der Waals surface area contributed by atoms with Gasteiger partial charge in [-0.05, 0) is 31.6 Å². The molecule has 0 atom stereocenters. The molecule has 0 aromatic heterocycles. The van der Waals surface area contributed by atoms with E-state index in [2.05, 4.69) is 24.9 Å². The second-order valence-electron chi connectivity index (χ2n) is 3.86. The van der Waals surface area contributed by atoms with E-state index >= 15 is 0 Å². The van der Waals surface area contributed by atoms with Gasteiger partial charge in [0.2, 0.25) is 0 Å². The highest BCUT2D eigenvalue weighted by Crippen LogP contribution is 2.09. The number of benzene rings is 1. The molecule has 0 amide bonds. The van der Waals surface area contributed by atoms with Crippen LogP contribution in [0.5, 0.6) is 0 Å². The number of rotatable bonds is 5. The third-order valence-electron chi connectivity index (χ3n) is 2.47. The Kier molecular flexibility index (Phi) is 4.86. The molecule has 1 aromatic rings. The molecule has 0 aliphatic rings. The number of unbranched alkanes of at least 4 members (excludes halogenated alkanes) is 1. The first-order valence-electron chi connectivity index (χ1n) is 5.44. The van der Waals surface area contributed by atoms with Crippen LogP contribution in [-0.2, 0) is 6.54 Å². The third kappa shape index (κ3) is 3.73. The number of nitrogens with zero attached hydrogens (tertiary/aromatic N) is 2. The van der Waals surface area contributed by atoms with Gasteiger partial charge in [0, 0.05) is 6.54 Å². The molecule has 1 rings (SSSR count). The molecule has 0 aliphatic carbocycles. The van der Waals surface area contributed by atoms with Gasteiger partial charge in [0.15, 0.2) is 0 Å². The Bertz CT molecular complexity index is 339. The molecule has 0 unspecified atom stereocenters. The summed E-state index contributed by atoms with van der Waals surface area (Å²) in [7, 11) is 2.10. The second-order valence-corrected chi connectivity index (χ2v) is 3.86. The Hall–Kier alpha value is -1.33. The molecule has 15 heavy (non-hydrogen) atoms. The number of nitriles is 1. The van der Waals surface area contributed by atoms with Gasteiger partial charge in [-0.3, -0.25) is 0 Å². The van der Waals surface area contributed by atoms with E-state index < -0.39 is 0 Å². The van der Waals surface area contributed by atoms with E-state index in [1.165, 1.54) is 12.8 Å². The van der Waals surface area contributed by atoms with Crippen LogP contribution in [0.25, 0.3) is 0 Å². The van der Waals surface area contributed by atoms with Gasteiger partial charge in [-0.1, -0.05) is 31.5 Å². The topological polar surface area (TPSA) is 27.0 Å². The highest BCUT2D eigenvalue weighted by molar-refractivity contribution is 5.37. The predicted octanol–water partition coefficient (Wildman–Crippen LogP) is 2.79. The van der Waals surface area contributed by atoms with Crippen LogP contribution in [0.15, 0.2) is 24.3 Å². The van der Waals surface area contributed by atoms with E-state index in [1.807, 2.05) is 24.3 Å². The minimum Gasteiger partial charge on any atom is -0.302 e. The lowest BCUT2D eigenvalue weighted by Crippen LogP contribution is -2.19. The van der Waals surface area contributed by atoms with Crippen molar-refractivity contribution in [2.24, 2.45) is 0 Å². The van der Waals surface area contributed by atoms with Crippen LogP contribution in [0.3, 0.4) is 0 Å². The van der Waals surface area contributed by atoms with E-state index in [-0.39, 0.29) is 0 Å². The van der Waals surface area contributed by atoms with Gasteiger partial charge in [0.25, 0.3) is 0 Å². The molecule has 0 saturated heterocycles. The molecular formula is C13H18N2. The van der Waals surface area contributed by atoms with Crippen LogP contribution in [0.1, 0.15) is 30.9 Å². The van der Waals surface area contributed by atoms with Gasteiger partial charge in [0.05, 0.1) is 11.6 Å². The van der Waals surface area contributed by atoms with Crippen LogP contribution in [0.4, 0.5) is 0 Å². The normalized spacial score (nSPS) is 10.3. The molecule has 0 heterocycles. The maximum Gasteiger partial charge on any atom is 0.0995 e. The lowest BCUT2D eigenvalue weighted by atomic mass is 10.1. The standard InChI is InChI=1S/C13H18N2/c1-3-4-9-15(2)11-13-8-6-5-7-12(13)10-14/h5-8H,3-4,9,11H2,1-2H3. The van der Waals surface area contributed by atoms with Crippen molar-refractivity contribution < 1.29 is 0 Å². The average molecular weight is 202 g/mol. The maximum absolute atomic E-state index is 8.94. The first-order valence-corrected chi connectivity index (χ1v) is 5.44. The van der Waals surface area contributed by atoms with Crippen LogP contribution >= 0.6 is 0 Å². The summed E-state index contributed by atoms with van der Waals surface area (Å²) < 4.78 is 0. The van der Waals surface area contributed by atoms with Gasteiger partial charge < -0.3 is 4.90 Å². The summed E-state index contributed by atoms with van der Waals surface area (Å²) in [6, 6.07) is 10.0. The smallest absolute Gasteiger partial charge is 0.0995 e. The van der Waals surface area contributed by atoms with Gasteiger partial charge in [0.1, 0.15) is 0 Å². The summed E-state index contributed by atoms with van der Waals surface area (Å²) in [5, 5.41) is 8.94. The molecule has 80 valence electrons. The second kappa shape index (κ2) is 6.21. The molecule has 0 spiro atoms. The molecular weight excluding hydrogens is 184 g/mol. The van der Waals surface area contributed by atoms with E-state index in [1.54, 1.807) is 0 Å². The van der Waals surface area contributed by atoms with Crippen molar-refractivity contribution in [3.63, 3.8) is 0 Å². The molecule has 0 aliphatic heterocycles. The van der Waals surface area contributed by atoms with Gasteiger partial charge in [-0.25, -0.2) is 0 Å². The van der Waals surface area contributed by atoms with Crippen molar-refractivity contribution in [1.29, 1.82) is 5.26 Å². The van der Waals surface area contributed by atoms with Crippen molar-refractivity contribution >= 4 is 0 Å². The van der Waals surface area contributed by atoms with Crippen molar-refractivity contribution in [2.45, 2.75) is 26.3 Å². The quantitative estimate of drug-likeness (QED) is 0.734. The van der Waals surface area contributed by atoms with Gasteiger partial charge in [-0.15, -0.1) is 0 Å². The molecule has 2 heteroatoms. The van der Waals surface area contributed by atoms with Gasteiger partial charge in [-0.2, -0.15) is 5.26 Å². The predicted molar refractivity (Wildman–Crippen MR) is 62.4 cm³/mol. The molecule has 1 aromatic carbocycles. The summed E-state index contributed by atoms with van der Waals surface area (Å²) in [6.07, 6.45) is 2.43. The Morgan fingerprint density at radius 1 is 1.33 bits per heavy atom. The molecule has 0 bridgehead atoms. The fourth-order valence-corrected chi connectivity index (χ4v) is 1.57. The highest BCUT2D eigenvalue weighted by Gasteiger charge is 2.03. The Morgan fingerprint density at radius 3 is 2.73 bits per heavy atom. The Balaban J connectivity index is 2.60. The zero-order valence-corrected chi connectivity index (χ0v) is 9.53. The van der Waals surface area contributed by atoms with Crippen LogP contribution in [0, 0.1) is 11.3 Å². The summed E-state index contributed by atoms with van der Waals surface area (Å²) in [5.74, 6) is 0. The summed E-state index contributed by atoms with van der Waals surface area (Å²) in [5.41, 5.74) is 1.92. The first kappa shape index (κ1) is 11.7. The molecule has 2 nitrogen and oxygen atoms in total. The molecule has 0 fully saturated rings. The Labute approximate surface area is 92.1 Å². The highest BCUT2D eigenvalue weighted by atomic mass is 15.1. The van der Waals surface area contributed by atoms with Crippen molar-refractivity contribution in [3.05, 3.63) is 35.4 Å². The minimum absolute atomic E-state index is 0.792. The third-order valence-corrected chi connectivity index (χ3v) is 2.47. The summed E-state index contributed by atoms with van der Waals surface area (Å²) in [4.78, 5) is 2.26. The monoisotopic (exact) mass is 202 g/mol. The SMILES string of the molecule is CCCCN(C)Cc1ccccc1C#N. The van der Waals surface area contributed by atoms with Crippen LogP contribution in [-0.4, -0.2) is 18.5 Å². The summed E-state index contributed by atoms with van der Waals surface area (Å²) in [6.45, 7) is 4.15. The first-order chi connectivity index (χ1) is 7.27. The Morgan fingerprint density at radius 2 is 2.07 bits per heavy atom.